The summed E-state index contributed by atoms with van der Waals surface area (Å²) in [7, 11) is 0. The second kappa shape index (κ2) is 7.31. The lowest BCUT2D eigenvalue weighted by atomic mass is 10.1. The Bertz CT molecular complexity index is 1150. The number of nitrogens with one attached hydrogen (secondary N) is 3. The number of H-pyrrole nitrogens is 2. The normalized spacial score (nSPS) is 12.8. The van der Waals surface area contributed by atoms with Crippen LogP contribution in [0.15, 0.2) is 48.7 Å². The van der Waals surface area contributed by atoms with E-state index in [1.165, 1.54) is 6.20 Å². The molecule has 3 heterocycles. The van der Waals surface area contributed by atoms with E-state index in [0.717, 1.165) is 22.4 Å². The van der Waals surface area contributed by atoms with Crippen molar-refractivity contribution in [1.29, 1.82) is 0 Å². The molecular weight excluding hydrogens is 370 g/mol. The van der Waals surface area contributed by atoms with E-state index < -0.39 is 0 Å². The lowest BCUT2D eigenvalue weighted by Crippen LogP contribution is -2.26. The number of imidazole rings is 1. The molecule has 2 aromatic heterocycles. The predicted octanol–water partition coefficient (Wildman–Crippen LogP) is 2.70. The Morgan fingerprint density at radius 3 is 2.86 bits per heavy atom. The van der Waals surface area contributed by atoms with Crippen LogP contribution in [-0.2, 0) is 6.42 Å². The SMILES string of the molecule is O=C(NCCc1nc2ccccc2[nH]1)c1cn[nH]c1-c1ccc2c(c1)OCCO2. The maximum absolute atomic E-state index is 12.7. The third-order valence-corrected chi connectivity index (χ3v) is 4.80. The van der Waals surface area contributed by atoms with Gasteiger partial charge in [0, 0.05) is 18.5 Å². The van der Waals surface area contributed by atoms with Crippen LogP contribution in [0.5, 0.6) is 11.5 Å². The number of benzene rings is 2. The number of hydrogen-bond donors (Lipinski definition) is 3. The average molecular weight is 389 g/mol. The summed E-state index contributed by atoms with van der Waals surface area (Å²) in [5, 5.41) is 9.90. The van der Waals surface area contributed by atoms with E-state index in [0.29, 0.717) is 48.9 Å². The van der Waals surface area contributed by atoms with Crippen LogP contribution >= 0.6 is 0 Å². The van der Waals surface area contributed by atoms with Gasteiger partial charge in [0.15, 0.2) is 11.5 Å². The molecule has 0 aliphatic carbocycles. The number of ether oxygens (including phenoxy) is 2. The standard InChI is InChI=1S/C21H19N5O3/c27-21(22-8-7-19-24-15-3-1-2-4-16(15)25-19)14-12-23-26-20(14)13-5-6-17-18(11-13)29-10-9-28-17/h1-6,11-12H,7-10H2,(H,22,27)(H,23,26)(H,24,25). The summed E-state index contributed by atoms with van der Waals surface area (Å²) in [6.07, 6.45) is 2.14. The fraction of sp³-hybridized carbons (Fsp3) is 0.190. The number of aromatic amines is 2. The quantitative estimate of drug-likeness (QED) is 0.487. The number of aromatic nitrogens is 4. The second-order valence-corrected chi connectivity index (χ2v) is 6.72. The third kappa shape index (κ3) is 3.40. The Hall–Kier alpha value is -3.81. The molecule has 0 bridgehead atoms. The topological polar surface area (TPSA) is 105 Å². The zero-order valence-corrected chi connectivity index (χ0v) is 15.6. The highest BCUT2D eigenvalue weighted by molar-refractivity contribution is 5.99. The minimum atomic E-state index is -0.195. The molecule has 0 unspecified atom stereocenters. The maximum atomic E-state index is 12.7. The van der Waals surface area contributed by atoms with E-state index >= 15 is 0 Å². The van der Waals surface area contributed by atoms with Gasteiger partial charge in [-0.15, -0.1) is 0 Å². The molecule has 0 fully saturated rings. The van der Waals surface area contributed by atoms with Gasteiger partial charge in [-0.3, -0.25) is 9.89 Å². The molecule has 29 heavy (non-hydrogen) atoms. The Kier molecular flexibility index (Phi) is 4.36. The summed E-state index contributed by atoms with van der Waals surface area (Å²) in [4.78, 5) is 20.5. The molecule has 0 saturated carbocycles. The molecule has 2 aromatic carbocycles. The first-order valence-electron chi connectivity index (χ1n) is 9.43. The van der Waals surface area contributed by atoms with Crippen LogP contribution in [0.4, 0.5) is 0 Å². The summed E-state index contributed by atoms with van der Waals surface area (Å²) in [5.41, 5.74) is 3.85. The lowest BCUT2D eigenvalue weighted by Gasteiger charge is -2.18. The lowest BCUT2D eigenvalue weighted by molar-refractivity contribution is 0.0954. The van der Waals surface area contributed by atoms with E-state index in [9.17, 15) is 4.79 Å². The molecule has 1 aliphatic rings. The monoisotopic (exact) mass is 389 g/mol. The number of carbonyl (C=O) groups excluding carboxylic acids is 1. The smallest absolute Gasteiger partial charge is 0.255 e. The summed E-state index contributed by atoms with van der Waals surface area (Å²) in [5.74, 6) is 2.02. The Labute approximate surface area is 166 Å². The summed E-state index contributed by atoms with van der Waals surface area (Å²) in [6.45, 7) is 1.51. The second-order valence-electron chi connectivity index (χ2n) is 6.72. The van der Waals surface area contributed by atoms with Gasteiger partial charge in [-0.2, -0.15) is 5.10 Å². The molecule has 1 amide bonds. The fourth-order valence-corrected chi connectivity index (χ4v) is 3.39. The van der Waals surface area contributed by atoms with Gasteiger partial charge in [-0.1, -0.05) is 12.1 Å². The number of fused-ring (bicyclic) bond motifs is 2. The van der Waals surface area contributed by atoms with Crippen LogP contribution in [0.2, 0.25) is 0 Å². The van der Waals surface area contributed by atoms with Crippen molar-refractivity contribution in [1.82, 2.24) is 25.5 Å². The van der Waals surface area contributed by atoms with Crippen LogP contribution in [0.1, 0.15) is 16.2 Å². The van der Waals surface area contributed by atoms with Gasteiger partial charge < -0.3 is 19.8 Å². The summed E-state index contributed by atoms with van der Waals surface area (Å²) < 4.78 is 11.2. The molecule has 0 radical (unpaired) electrons. The van der Waals surface area contributed by atoms with Crippen molar-refractivity contribution in [3.63, 3.8) is 0 Å². The van der Waals surface area contributed by atoms with Crippen molar-refractivity contribution in [2.45, 2.75) is 6.42 Å². The van der Waals surface area contributed by atoms with Crippen LogP contribution in [0.3, 0.4) is 0 Å². The van der Waals surface area contributed by atoms with Crippen molar-refractivity contribution in [2.24, 2.45) is 0 Å². The Balaban J connectivity index is 1.28. The van der Waals surface area contributed by atoms with E-state index in [-0.39, 0.29) is 5.91 Å². The molecule has 3 N–H and O–H groups in total. The van der Waals surface area contributed by atoms with Gasteiger partial charge in [0.2, 0.25) is 0 Å². The van der Waals surface area contributed by atoms with Crippen LogP contribution in [-0.4, -0.2) is 45.8 Å². The largest absolute Gasteiger partial charge is 0.486 e. The highest BCUT2D eigenvalue weighted by Gasteiger charge is 2.18. The number of rotatable bonds is 5. The molecule has 8 heteroatoms. The van der Waals surface area contributed by atoms with Crippen LogP contribution in [0.25, 0.3) is 22.3 Å². The van der Waals surface area contributed by atoms with Gasteiger partial charge in [0.1, 0.15) is 19.0 Å². The highest BCUT2D eigenvalue weighted by Crippen LogP contribution is 2.34. The molecule has 0 saturated heterocycles. The molecule has 146 valence electrons. The maximum Gasteiger partial charge on any atom is 0.255 e. The van der Waals surface area contributed by atoms with Crippen molar-refractivity contribution in [3.05, 3.63) is 60.0 Å². The van der Waals surface area contributed by atoms with Crippen molar-refractivity contribution in [2.75, 3.05) is 19.8 Å². The molecule has 8 nitrogen and oxygen atoms in total. The van der Waals surface area contributed by atoms with E-state index in [1.54, 1.807) is 0 Å². The van der Waals surface area contributed by atoms with Gasteiger partial charge in [-0.05, 0) is 30.3 Å². The first kappa shape index (κ1) is 17.3. The van der Waals surface area contributed by atoms with Gasteiger partial charge in [0.25, 0.3) is 5.91 Å². The van der Waals surface area contributed by atoms with Crippen LogP contribution in [0, 0.1) is 0 Å². The van der Waals surface area contributed by atoms with Gasteiger partial charge in [-0.25, -0.2) is 4.98 Å². The van der Waals surface area contributed by atoms with Crippen LogP contribution < -0.4 is 14.8 Å². The zero-order chi connectivity index (χ0) is 19.6. The van der Waals surface area contributed by atoms with E-state index in [2.05, 4.69) is 25.5 Å². The molecule has 5 rings (SSSR count). The summed E-state index contributed by atoms with van der Waals surface area (Å²) >= 11 is 0. The highest BCUT2D eigenvalue weighted by atomic mass is 16.6. The number of para-hydroxylation sites is 2. The minimum Gasteiger partial charge on any atom is -0.486 e. The molecular formula is C21H19N5O3. The van der Waals surface area contributed by atoms with Gasteiger partial charge >= 0.3 is 0 Å². The molecule has 0 atom stereocenters. The van der Waals surface area contributed by atoms with Gasteiger partial charge in [0.05, 0.1) is 28.5 Å². The molecule has 1 aliphatic heterocycles. The fourth-order valence-electron chi connectivity index (χ4n) is 3.39. The number of carbonyl (C=O) groups is 1. The van der Waals surface area contributed by atoms with E-state index in [1.807, 2.05) is 42.5 Å². The number of hydrogen-bond acceptors (Lipinski definition) is 5. The minimum absolute atomic E-state index is 0.195. The Morgan fingerprint density at radius 2 is 1.97 bits per heavy atom. The third-order valence-electron chi connectivity index (χ3n) is 4.80. The molecule has 4 aromatic rings. The van der Waals surface area contributed by atoms with Crippen molar-refractivity contribution in [3.8, 4) is 22.8 Å². The molecule has 0 spiro atoms. The number of amides is 1. The first-order valence-corrected chi connectivity index (χ1v) is 9.43. The Morgan fingerprint density at radius 1 is 1.10 bits per heavy atom. The van der Waals surface area contributed by atoms with E-state index in [4.69, 9.17) is 9.47 Å². The van der Waals surface area contributed by atoms with Crippen molar-refractivity contribution < 1.29 is 14.3 Å². The van der Waals surface area contributed by atoms with Crippen molar-refractivity contribution >= 4 is 16.9 Å². The zero-order valence-electron chi connectivity index (χ0n) is 15.6. The average Bonchev–Trinajstić information content (AvgIpc) is 3.40. The summed E-state index contributed by atoms with van der Waals surface area (Å²) in [6, 6.07) is 13.4. The first-order chi connectivity index (χ1) is 14.3. The number of nitrogens with zero attached hydrogens (tertiary/aromatic N) is 2. The predicted molar refractivity (Wildman–Crippen MR) is 107 cm³/mol.